The summed E-state index contributed by atoms with van der Waals surface area (Å²) < 4.78 is 27.9. The van der Waals surface area contributed by atoms with E-state index >= 15 is 0 Å². The van der Waals surface area contributed by atoms with E-state index in [0.29, 0.717) is 0 Å². The van der Waals surface area contributed by atoms with Crippen LogP contribution >= 0.6 is 50.7 Å². The minimum Gasteiger partial charge on any atom is -0.386 e. The lowest BCUT2D eigenvalue weighted by Gasteiger charge is -2.34. The molecular formula is C16H9BrCl3F2N2O+. The van der Waals surface area contributed by atoms with Crippen LogP contribution in [0, 0.1) is 11.6 Å². The number of benzene rings is 2. The standard InChI is InChI=1S/C16H9BrCl3F2N2O/c17-15-13(7-25)24(16(20)23-15,12-5-4-8(21)6-10(12)19)14-9(18)2-1-3-11(14)22/h1-6,25H,7H2/q+1. The Balaban J connectivity index is 2.49. The highest BCUT2D eigenvalue weighted by atomic mass is 79.9. The Kier molecular flexibility index (Phi) is 5.21. The number of rotatable bonds is 3. The molecule has 130 valence electrons. The Morgan fingerprint density at radius 1 is 1.08 bits per heavy atom. The van der Waals surface area contributed by atoms with Gasteiger partial charge in [-0.25, -0.2) is 8.78 Å². The number of halogens is 6. The monoisotopic (exact) mass is 467 g/mol. The fourth-order valence-electron chi connectivity index (χ4n) is 2.80. The summed E-state index contributed by atoms with van der Waals surface area (Å²) in [4.78, 5) is 4.11. The molecular weight excluding hydrogens is 460 g/mol. The van der Waals surface area contributed by atoms with Gasteiger partial charge >= 0.3 is 5.29 Å². The Morgan fingerprint density at radius 3 is 2.40 bits per heavy atom. The van der Waals surface area contributed by atoms with Gasteiger partial charge in [0.25, 0.3) is 0 Å². The molecule has 0 amide bonds. The van der Waals surface area contributed by atoms with E-state index in [1.54, 1.807) is 0 Å². The van der Waals surface area contributed by atoms with Gasteiger partial charge in [-0.2, -0.15) is 9.48 Å². The van der Waals surface area contributed by atoms with E-state index < -0.39 is 22.7 Å². The normalized spacial score (nSPS) is 20.2. The highest BCUT2D eigenvalue weighted by Crippen LogP contribution is 2.52. The SMILES string of the molecule is OCC1=C(Br)N=C(Cl)[N+]1(c1ccc(F)cc1Cl)c1c(F)cccc1Cl. The number of quaternary nitrogens is 1. The topological polar surface area (TPSA) is 32.6 Å². The van der Waals surface area contributed by atoms with E-state index in [9.17, 15) is 13.9 Å². The van der Waals surface area contributed by atoms with Crippen molar-refractivity contribution in [2.75, 3.05) is 6.61 Å². The molecule has 0 saturated carbocycles. The molecule has 0 aromatic heterocycles. The summed E-state index contributed by atoms with van der Waals surface area (Å²) in [6, 6.07) is 7.67. The quantitative estimate of drug-likeness (QED) is 0.429. The van der Waals surface area contributed by atoms with Gasteiger partial charge in [0, 0.05) is 17.7 Å². The molecule has 0 spiro atoms. The Labute approximate surface area is 165 Å². The number of aliphatic imine (C=N–C) groups is 1. The van der Waals surface area contributed by atoms with Crippen LogP contribution in [-0.4, -0.2) is 17.0 Å². The van der Waals surface area contributed by atoms with Gasteiger partial charge in [0.15, 0.2) is 21.8 Å². The van der Waals surface area contributed by atoms with Crippen molar-refractivity contribution >= 4 is 67.4 Å². The first-order valence-electron chi connectivity index (χ1n) is 6.88. The summed E-state index contributed by atoms with van der Waals surface area (Å²) in [7, 11) is 0. The average Bonchev–Trinajstić information content (AvgIpc) is 2.78. The second-order valence-corrected chi connectivity index (χ2v) is 7.02. The Hall–Kier alpha value is -1.02. The molecule has 2 aromatic rings. The predicted octanol–water partition coefficient (Wildman–Crippen LogP) is 6.08. The van der Waals surface area contributed by atoms with Crippen molar-refractivity contribution in [3.63, 3.8) is 0 Å². The maximum atomic E-state index is 14.8. The lowest BCUT2D eigenvalue weighted by Crippen LogP contribution is -2.46. The van der Waals surface area contributed by atoms with Crippen LogP contribution in [0.3, 0.4) is 0 Å². The maximum Gasteiger partial charge on any atom is 0.316 e. The van der Waals surface area contributed by atoms with Crippen molar-refractivity contribution in [3.05, 3.63) is 68.4 Å². The van der Waals surface area contributed by atoms with E-state index in [-0.39, 0.29) is 37.0 Å². The first-order chi connectivity index (χ1) is 11.8. The van der Waals surface area contributed by atoms with Gasteiger partial charge < -0.3 is 5.11 Å². The third kappa shape index (κ3) is 2.81. The number of amidine groups is 1. The summed E-state index contributed by atoms with van der Waals surface area (Å²) in [5.41, 5.74) is 0.303. The van der Waals surface area contributed by atoms with Crippen LogP contribution in [-0.2, 0) is 0 Å². The number of aliphatic hydroxyl groups is 1. The molecule has 3 rings (SSSR count). The first-order valence-corrected chi connectivity index (χ1v) is 8.80. The van der Waals surface area contributed by atoms with Gasteiger partial charge in [0.1, 0.15) is 22.5 Å². The Bertz CT molecular complexity index is 915. The highest BCUT2D eigenvalue weighted by Gasteiger charge is 2.53. The molecule has 3 nitrogen and oxygen atoms in total. The second-order valence-electron chi connectivity index (χ2n) is 5.11. The van der Waals surface area contributed by atoms with Gasteiger partial charge in [0.05, 0.1) is 0 Å². The largest absolute Gasteiger partial charge is 0.386 e. The molecule has 1 aliphatic heterocycles. The lowest BCUT2D eigenvalue weighted by atomic mass is 10.1. The molecule has 0 fully saturated rings. The molecule has 1 unspecified atom stereocenters. The fourth-order valence-corrected chi connectivity index (χ4v) is 4.40. The molecule has 2 aromatic carbocycles. The van der Waals surface area contributed by atoms with Gasteiger partial charge in [-0.3, -0.25) is 0 Å². The van der Waals surface area contributed by atoms with Crippen molar-refractivity contribution in [2.24, 2.45) is 4.99 Å². The van der Waals surface area contributed by atoms with E-state index in [4.69, 9.17) is 34.8 Å². The van der Waals surface area contributed by atoms with Crippen LogP contribution in [0.5, 0.6) is 0 Å². The lowest BCUT2D eigenvalue weighted by molar-refractivity contribution is 0.310. The average molecular weight is 470 g/mol. The van der Waals surface area contributed by atoms with Crippen molar-refractivity contribution in [3.8, 4) is 0 Å². The van der Waals surface area contributed by atoms with Gasteiger partial charge in [-0.05, 0) is 40.2 Å². The van der Waals surface area contributed by atoms with Crippen molar-refractivity contribution < 1.29 is 13.9 Å². The number of nitrogens with zero attached hydrogens (tertiary/aromatic N) is 2. The fraction of sp³-hybridized carbons (Fsp3) is 0.0625. The number of aliphatic hydroxyl groups excluding tert-OH is 1. The molecule has 1 N–H and O–H groups in total. The van der Waals surface area contributed by atoms with Crippen LogP contribution in [0.2, 0.25) is 10.0 Å². The predicted molar refractivity (Wildman–Crippen MR) is 101 cm³/mol. The zero-order valence-corrected chi connectivity index (χ0v) is 16.1. The number of hydrogen-bond acceptors (Lipinski definition) is 2. The summed E-state index contributed by atoms with van der Waals surface area (Å²) in [6.07, 6.45) is 0. The Morgan fingerprint density at radius 2 is 1.80 bits per heavy atom. The second kappa shape index (κ2) is 6.95. The van der Waals surface area contributed by atoms with Crippen molar-refractivity contribution in [1.29, 1.82) is 0 Å². The molecule has 1 aliphatic rings. The van der Waals surface area contributed by atoms with E-state index in [0.717, 1.165) is 12.1 Å². The van der Waals surface area contributed by atoms with E-state index in [1.165, 1.54) is 24.3 Å². The summed E-state index contributed by atoms with van der Waals surface area (Å²) in [5, 5.41) is 9.81. The third-order valence-electron chi connectivity index (χ3n) is 3.80. The van der Waals surface area contributed by atoms with Gasteiger partial charge in [-0.15, -0.1) is 0 Å². The molecule has 0 bridgehead atoms. The highest BCUT2D eigenvalue weighted by molar-refractivity contribution is 9.11. The minimum atomic E-state index is -0.686. The van der Waals surface area contributed by atoms with Crippen LogP contribution in [0.4, 0.5) is 20.2 Å². The smallest absolute Gasteiger partial charge is 0.316 e. The molecule has 1 atom stereocenters. The number of hydrogen-bond donors (Lipinski definition) is 1. The summed E-state index contributed by atoms with van der Waals surface area (Å²) in [6.45, 7) is -0.529. The van der Waals surface area contributed by atoms with Crippen LogP contribution < -0.4 is 4.48 Å². The minimum absolute atomic E-state index is 0.0270. The summed E-state index contributed by atoms with van der Waals surface area (Å²) in [5.74, 6) is -1.26. The van der Waals surface area contributed by atoms with Crippen molar-refractivity contribution in [1.82, 2.24) is 4.48 Å². The van der Waals surface area contributed by atoms with Crippen LogP contribution in [0.15, 0.2) is 51.7 Å². The zero-order valence-electron chi connectivity index (χ0n) is 12.3. The van der Waals surface area contributed by atoms with Gasteiger partial charge in [0.2, 0.25) is 5.69 Å². The molecule has 0 aliphatic carbocycles. The molecule has 0 radical (unpaired) electrons. The first kappa shape index (κ1) is 18.8. The zero-order chi connectivity index (χ0) is 18.4. The molecule has 1 heterocycles. The maximum absolute atomic E-state index is 14.8. The van der Waals surface area contributed by atoms with Crippen molar-refractivity contribution in [2.45, 2.75) is 0 Å². The number of para-hydroxylation sites is 1. The molecule has 25 heavy (non-hydrogen) atoms. The van der Waals surface area contributed by atoms with Gasteiger partial charge in [-0.1, -0.05) is 29.3 Å². The van der Waals surface area contributed by atoms with E-state index in [2.05, 4.69) is 20.9 Å². The van der Waals surface area contributed by atoms with E-state index in [1.807, 2.05) is 0 Å². The summed E-state index contributed by atoms with van der Waals surface area (Å²) >= 11 is 22.1. The van der Waals surface area contributed by atoms with Crippen LogP contribution in [0.25, 0.3) is 0 Å². The molecule has 0 saturated heterocycles. The third-order valence-corrected chi connectivity index (χ3v) is 5.38. The van der Waals surface area contributed by atoms with Crippen LogP contribution in [0.1, 0.15) is 0 Å². The molecule has 9 heteroatoms.